The molecule has 0 radical (unpaired) electrons. The number of nitrogens with zero attached hydrogens (tertiary/aromatic N) is 1. The molecule has 1 aliphatic rings. The Morgan fingerprint density at radius 2 is 2.14 bits per heavy atom. The van der Waals surface area contributed by atoms with Crippen molar-refractivity contribution >= 4 is 5.97 Å². The molecule has 0 saturated heterocycles. The van der Waals surface area contributed by atoms with Crippen molar-refractivity contribution in [2.75, 3.05) is 0 Å². The average Bonchev–Trinajstić information content (AvgIpc) is 2.56. The first-order valence-corrected chi connectivity index (χ1v) is 7.45. The van der Waals surface area contributed by atoms with E-state index in [1.807, 2.05) is 37.3 Å². The zero-order valence-electron chi connectivity index (χ0n) is 12.5. The first-order valence-electron chi connectivity index (χ1n) is 7.45. The maximum absolute atomic E-state index is 12.4. The van der Waals surface area contributed by atoms with Crippen molar-refractivity contribution < 1.29 is 9.53 Å². The van der Waals surface area contributed by atoms with Crippen molar-refractivity contribution in [3.8, 4) is 0 Å². The Hall–Kier alpha value is -2.43. The van der Waals surface area contributed by atoms with E-state index in [9.17, 15) is 9.59 Å². The number of aryl methyl sites for hydroxylation is 1. The van der Waals surface area contributed by atoms with Gasteiger partial charge in [-0.3, -0.25) is 9.59 Å². The minimum atomic E-state index is -0.488. The zero-order chi connectivity index (χ0) is 15.5. The number of benzene rings is 1. The van der Waals surface area contributed by atoms with Crippen LogP contribution in [-0.2, 0) is 22.6 Å². The normalized spacial score (nSPS) is 16.9. The number of aromatic amines is 1. The van der Waals surface area contributed by atoms with Gasteiger partial charge in [0.15, 0.2) is 0 Å². The van der Waals surface area contributed by atoms with E-state index in [2.05, 4.69) is 10.2 Å². The van der Waals surface area contributed by atoms with Gasteiger partial charge in [0.05, 0.1) is 11.6 Å². The van der Waals surface area contributed by atoms with Crippen LogP contribution in [0, 0.1) is 6.92 Å². The number of ether oxygens (including phenoxy) is 1. The number of hydrogen-bond donors (Lipinski definition) is 1. The molecule has 3 rings (SSSR count). The molecule has 1 unspecified atom stereocenters. The van der Waals surface area contributed by atoms with Gasteiger partial charge in [-0.25, -0.2) is 5.10 Å². The summed E-state index contributed by atoms with van der Waals surface area (Å²) < 4.78 is 5.41. The quantitative estimate of drug-likeness (QED) is 0.882. The fourth-order valence-electron chi connectivity index (χ4n) is 2.97. The van der Waals surface area contributed by atoms with Crippen molar-refractivity contribution in [3.63, 3.8) is 0 Å². The fraction of sp³-hybridized carbons (Fsp3) is 0.353. The second kappa shape index (κ2) is 6.13. The molecule has 2 aromatic rings. The lowest BCUT2D eigenvalue weighted by molar-refractivity contribution is -0.147. The second-order valence-corrected chi connectivity index (χ2v) is 5.57. The number of H-pyrrole nitrogens is 1. The van der Waals surface area contributed by atoms with Crippen LogP contribution >= 0.6 is 0 Å². The van der Waals surface area contributed by atoms with E-state index in [0.717, 1.165) is 29.7 Å². The smallest absolute Gasteiger partial charge is 0.313 e. The molecular formula is C17H18N2O3. The van der Waals surface area contributed by atoms with Crippen LogP contribution in [0.2, 0.25) is 0 Å². The third-order valence-corrected chi connectivity index (χ3v) is 4.11. The molecule has 0 aliphatic heterocycles. The lowest BCUT2D eigenvalue weighted by Gasteiger charge is -2.23. The first kappa shape index (κ1) is 14.5. The predicted molar refractivity (Wildman–Crippen MR) is 81.5 cm³/mol. The van der Waals surface area contributed by atoms with Crippen molar-refractivity contribution in [2.45, 2.75) is 38.7 Å². The number of fused-ring (bicyclic) bond motifs is 1. The molecule has 1 aliphatic carbocycles. The number of aromatic nitrogens is 2. The van der Waals surface area contributed by atoms with Crippen molar-refractivity contribution in [1.29, 1.82) is 0 Å². The van der Waals surface area contributed by atoms with E-state index < -0.39 is 5.92 Å². The van der Waals surface area contributed by atoms with Gasteiger partial charge in [0.2, 0.25) is 0 Å². The number of rotatable bonds is 3. The second-order valence-electron chi connectivity index (χ2n) is 5.57. The summed E-state index contributed by atoms with van der Waals surface area (Å²) in [6.07, 6.45) is 2.30. The van der Waals surface area contributed by atoms with Gasteiger partial charge in [0.25, 0.3) is 5.56 Å². The third-order valence-electron chi connectivity index (χ3n) is 4.11. The van der Waals surface area contributed by atoms with Crippen molar-refractivity contribution in [1.82, 2.24) is 10.2 Å². The molecule has 5 nitrogen and oxygen atoms in total. The molecule has 5 heteroatoms. The molecule has 1 atom stereocenters. The van der Waals surface area contributed by atoms with Gasteiger partial charge in [-0.2, -0.15) is 5.10 Å². The highest BCUT2D eigenvalue weighted by Crippen LogP contribution is 2.31. The Morgan fingerprint density at radius 3 is 2.91 bits per heavy atom. The van der Waals surface area contributed by atoms with Gasteiger partial charge >= 0.3 is 5.97 Å². The van der Waals surface area contributed by atoms with Crippen molar-refractivity contribution in [2.24, 2.45) is 0 Å². The summed E-state index contributed by atoms with van der Waals surface area (Å²) >= 11 is 0. The van der Waals surface area contributed by atoms with E-state index in [1.54, 1.807) is 0 Å². The molecule has 1 heterocycles. The van der Waals surface area contributed by atoms with Crippen LogP contribution in [-0.4, -0.2) is 16.2 Å². The van der Waals surface area contributed by atoms with Crippen LogP contribution in [0.1, 0.15) is 41.1 Å². The molecule has 0 spiro atoms. The van der Waals surface area contributed by atoms with Crippen LogP contribution in [0.4, 0.5) is 0 Å². The number of carbonyl (C=O) groups excluding carboxylic acids is 1. The summed E-state index contributed by atoms with van der Waals surface area (Å²) in [5.41, 5.74) is 2.89. The van der Waals surface area contributed by atoms with Gasteiger partial charge < -0.3 is 4.74 Å². The topological polar surface area (TPSA) is 72.0 Å². The molecule has 0 amide bonds. The summed E-state index contributed by atoms with van der Waals surface area (Å²) in [6.45, 7) is 2.08. The van der Waals surface area contributed by atoms with E-state index >= 15 is 0 Å². The first-order chi connectivity index (χ1) is 10.7. The highest BCUT2D eigenvalue weighted by Gasteiger charge is 2.31. The number of nitrogens with one attached hydrogen (secondary N) is 1. The Labute approximate surface area is 128 Å². The molecule has 0 saturated carbocycles. The van der Waals surface area contributed by atoms with E-state index in [-0.39, 0.29) is 18.1 Å². The highest BCUT2D eigenvalue weighted by molar-refractivity contribution is 5.79. The Morgan fingerprint density at radius 1 is 1.36 bits per heavy atom. The fourth-order valence-corrected chi connectivity index (χ4v) is 2.97. The van der Waals surface area contributed by atoms with Gasteiger partial charge in [-0.05, 0) is 37.3 Å². The number of esters is 1. The van der Waals surface area contributed by atoms with E-state index in [1.165, 1.54) is 0 Å². The van der Waals surface area contributed by atoms with Crippen LogP contribution in [0.3, 0.4) is 0 Å². The van der Waals surface area contributed by atoms with Gasteiger partial charge in [0.1, 0.15) is 6.61 Å². The zero-order valence-corrected chi connectivity index (χ0v) is 12.5. The molecule has 1 N–H and O–H groups in total. The SMILES string of the molecule is Cc1n[nH]c(=O)c2c1CCCC2C(=O)OCc1ccccc1. The van der Waals surface area contributed by atoms with Crippen molar-refractivity contribution in [3.05, 3.63) is 63.1 Å². The molecule has 114 valence electrons. The Balaban J connectivity index is 1.81. The molecule has 0 fully saturated rings. The summed E-state index contributed by atoms with van der Waals surface area (Å²) in [5, 5.41) is 6.46. The summed E-state index contributed by atoms with van der Waals surface area (Å²) in [4.78, 5) is 24.5. The van der Waals surface area contributed by atoms with Crippen LogP contribution in [0.25, 0.3) is 0 Å². The molecule has 0 bridgehead atoms. The van der Waals surface area contributed by atoms with Crippen LogP contribution in [0.15, 0.2) is 35.1 Å². The monoisotopic (exact) mass is 298 g/mol. The summed E-state index contributed by atoms with van der Waals surface area (Å²) in [5.74, 6) is -0.821. The summed E-state index contributed by atoms with van der Waals surface area (Å²) in [7, 11) is 0. The van der Waals surface area contributed by atoms with Crippen LogP contribution in [0.5, 0.6) is 0 Å². The predicted octanol–water partition coefficient (Wildman–Crippen LogP) is 2.24. The van der Waals surface area contributed by atoms with Gasteiger partial charge in [0, 0.05) is 5.56 Å². The van der Waals surface area contributed by atoms with E-state index in [0.29, 0.717) is 12.0 Å². The molecule has 1 aromatic heterocycles. The summed E-state index contributed by atoms with van der Waals surface area (Å²) in [6, 6.07) is 9.53. The maximum atomic E-state index is 12.4. The Bertz CT molecular complexity index is 737. The van der Waals surface area contributed by atoms with E-state index in [4.69, 9.17) is 4.74 Å². The Kier molecular flexibility index (Phi) is 4.04. The minimum Gasteiger partial charge on any atom is -0.460 e. The van der Waals surface area contributed by atoms with Gasteiger partial charge in [-0.1, -0.05) is 30.3 Å². The molecular weight excluding hydrogens is 280 g/mol. The molecule has 1 aromatic carbocycles. The number of hydrogen-bond acceptors (Lipinski definition) is 4. The lowest BCUT2D eigenvalue weighted by Crippen LogP contribution is -2.30. The number of carbonyl (C=O) groups is 1. The van der Waals surface area contributed by atoms with Crippen LogP contribution < -0.4 is 5.56 Å². The largest absolute Gasteiger partial charge is 0.460 e. The maximum Gasteiger partial charge on any atom is 0.313 e. The molecule has 22 heavy (non-hydrogen) atoms. The standard InChI is InChI=1S/C17H18N2O3/c1-11-13-8-5-9-14(15(13)16(20)19-18-11)17(21)22-10-12-6-3-2-4-7-12/h2-4,6-7,14H,5,8-10H2,1H3,(H,19,20). The third kappa shape index (κ3) is 2.79. The van der Waals surface area contributed by atoms with Gasteiger partial charge in [-0.15, -0.1) is 0 Å². The minimum absolute atomic E-state index is 0.230. The highest BCUT2D eigenvalue weighted by atomic mass is 16.5. The average molecular weight is 298 g/mol. The lowest BCUT2D eigenvalue weighted by atomic mass is 9.83.